The topological polar surface area (TPSA) is 35.0 Å². The Kier molecular flexibility index (Phi) is 8.67. The van der Waals surface area contributed by atoms with Crippen LogP contribution in [0.15, 0.2) is 24.3 Å². The SMILES string of the molecule is CCCCCCCCCCCCC1=P[O+]([O-])Oc2ccccc21. The molecule has 0 amide bonds. The van der Waals surface area contributed by atoms with Crippen molar-refractivity contribution in [3.63, 3.8) is 0 Å². The third-order valence-electron chi connectivity index (χ3n) is 4.31. The number of hydrogen-bond acceptors (Lipinski definition) is 2. The molecule has 0 aromatic heterocycles. The molecule has 0 radical (unpaired) electrons. The highest BCUT2D eigenvalue weighted by molar-refractivity contribution is 7.36. The molecule has 1 aliphatic rings. The highest BCUT2D eigenvalue weighted by Crippen LogP contribution is 2.32. The van der Waals surface area contributed by atoms with Gasteiger partial charge in [0.1, 0.15) is 0 Å². The number of rotatable bonds is 11. The average Bonchev–Trinajstić information content (AvgIpc) is 2.56. The van der Waals surface area contributed by atoms with Crippen molar-refractivity contribution in [1.29, 1.82) is 0 Å². The lowest BCUT2D eigenvalue weighted by Crippen LogP contribution is -2.25. The summed E-state index contributed by atoms with van der Waals surface area (Å²) in [6.45, 7) is 2.26. The summed E-state index contributed by atoms with van der Waals surface area (Å²) in [5.41, 5.74) is 1.09. The van der Waals surface area contributed by atoms with Crippen molar-refractivity contribution in [2.45, 2.75) is 77.6 Å². The van der Waals surface area contributed by atoms with Gasteiger partial charge in [-0.15, -0.1) is 4.46 Å². The lowest BCUT2D eigenvalue weighted by Gasteiger charge is -2.19. The molecule has 128 valence electrons. The van der Waals surface area contributed by atoms with Crippen LogP contribution in [0.1, 0.15) is 83.1 Å². The van der Waals surface area contributed by atoms with Crippen LogP contribution < -0.4 is 10.1 Å². The van der Waals surface area contributed by atoms with Gasteiger partial charge in [0.05, 0.1) is 5.29 Å². The number of para-hydroxylation sites is 1. The Balaban J connectivity index is 1.59. The lowest BCUT2D eigenvalue weighted by atomic mass is 10.0. The summed E-state index contributed by atoms with van der Waals surface area (Å²) in [4.78, 5) is 5.12. The van der Waals surface area contributed by atoms with E-state index in [0.29, 0.717) is 14.2 Å². The third-order valence-corrected chi connectivity index (χ3v) is 5.22. The third kappa shape index (κ3) is 6.63. The molecular formula is C19H29O3P. The maximum absolute atomic E-state index is 11.5. The van der Waals surface area contributed by atoms with Gasteiger partial charge >= 0.3 is 8.43 Å². The fraction of sp³-hybridized carbons (Fsp3) is 0.632. The Labute approximate surface area is 142 Å². The van der Waals surface area contributed by atoms with Gasteiger partial charge < -0.3 is 5.26 Å². The smallest absolute Gasteiger partial charge is 0.347 e. The van der Waals surface area contributed by atoms with E-state index in [2.05, 4.69) is 6.92 Å². The Hall–Kier alpha value is -0.890. The zero-order valence-corrected chi connectivity index (χ0v) is 15.2. The minimum absolute atomic E-state index is 0.566. The summed E-state index contributed by atoms with van der Waals surface area (Å²) in [5, 5.41) is 12.7. The highest BCUT2D eigenvalue weighted by atomic mass is 31.1. The summed E-state index contributed by atoms with van der Waals surface area (Å²) >= 11 is 0. The molecule has 23 heavy (non-hydrogen) atoms. The molecule has 2 rings (SSSR count). The first-order chi connectivity index (χ1) is 11.3. The number of hydrogen-bond donors (Lipinski definition) is 0. The Bertz CT molecular complexity index is 487. The number of fused-ring (bicyclic) bond motifs is 1. The van der Waals surface area contributed by atoms with E-state index in [0.717, 1.165) is 23.7 Å². The molecule has 1 heterocycles. The summed E-state index contributed by atoms with van der Waals surface area (Å²) in [6, 6.07) is 7.79. The first-order valence-corrected chi connectivity index (χ1v) is 9.89. The van der Waals surface area contributed by atoms with Crippen LogP contribution in [-0.4, -0.2) is 5.29 Å². The Morgan fingerprint density at radius 3 is 2.22 bits per heavy atom. The van der Waals surface area contributed by atoms with Crippen molar-refractivity contribution in [3.05, 3.63) is 29.8 Å². The van der Waals surface area contributed by atoms with Gasteiger partial charge in [-0.25, -0.2) is 4.89 Å². The van der Waals surface area contributed by atoms with Gasteiger partial charge in [0.2, 0.25) is 5.75 Å². The molecular weight excluding hydrogens is 307 g/mol. The van der Waals surface area contributed by atoms with Crippen molar-refractivity contribution < 1.29 is 14.6 Å². The molecule has 0 saturated heterocycles. The normalized spacial score (nSPS) is 15.0. The van der Waals surface area contributed by atoms with Crippen LogP contribution in [0.5, 0.6) is 5.75 Å². The van der Waals surface area contributed by atoms with Crippen molar-refractivity contribution in [2.24, 2.45) is 0 Å². The standard InChI is InChI=1S/C19H29O3P/c1-2-3-4-5-6-7-8-9-10-11-16-19-17-14-12-13-15-18(17)21-22(20)23-19/h12-15H,2-11,16H2,1H3. The first kappa shape index (κ1) is 18.4. The van der Waals surface area contributed by atoms with Gasteiger partial charge in [-0.3, -0.25) is 0 Å². The molecule has 4 heteroatoms. The predicted molar refractivity (Wildman–Crippen MR) is 95.6 cm³/mol. The Morgan fingerprint density at radius 1 is 0.913 bits per heavy atom. The van der Waals surface area contributed by atoms with E-state index in [4.69, 9.17) is 4.89 Å². The first-order valence-electron chi connectivity index (χ1n) is 9.08. The van der Waals surface area contributed by atoms with Gasteiger partial charge in [0.15, 0.2) is 0 Å². The Morgan fingerprint density at radius 2 is 1.52 bits per heavy atom. The zero-order valence-electron chi connectivity index (χ0n) is 14.3. The quantitative estimate of drug-likeness (QED) is 0.231. The molecule has 1 aliphatic heterocycles. The van der Waals surface area contributed by atoms with Crippen molar-refractivity contribution in [1.82, 2.24) is 0 Å². The molecule has 0 spiro atoms. The van der Waals surface area contributed by atoms with Gasteiger partial charge in [-0.05, 0) is 18.9 Å². The van der Waals surface area contributed by atoms with Gasteiger partial charge in [0.25, 0.3) is 0 Å². The van der Waals surface area contributed by atoms with E-state index in [9.17, 15) is 5.26 Å². The van der Waals surface area contributed by atoms with Crippen LogP contribution in [0, 0.1) is 0 Å². The van der Waals surface area contributed by atoms with Crippen molar-refractivity contribution >= 4 is 13.7 Å². The molecule has 0 N–H and O–H groups in total. The van der Waals surface area contributed by atoms with E-state index < -0.39 is 0 Å². The van der Waals surface area contributed by atoms with E-state index in [1.165, 1.54) is 62.2 Å². The zero-order chi connectivity index (χ0) is 16.3. The summed E-state index contributed by atoms with van der Waals surface area (Å²) in [6.07, 6.45) is 14.3. The largest absolute Gasteiger partial charge is 0.465 e. The predicted octanol–water partition coefficient (Wildman–Crippen LogP) is 5.51. The monoisotopic (exact) mass is 336 g/mol. The van der Waals surface area contributed by atoms with Crippen LogP contribution in [0.2, 0.25) is 0 Å². The highest BCUT2D eigenvalue weighted by Gasteiger charge is 2.22. The van der Waals surface area contributed by atoms with E-state index in [1.54, 1.807) is 0 Å². The summed E-state index contributed by atoms with van der Waals surface area (Å²) in [7, 11) is 0.566. The molecule has 1 aromatic carbocycles. The maximum atomic E-state index is 11.5. The second-order valence-corrected chi connectivity index (χ2v) is 7.29. The molecule has 3 nitrogen and oxygen atoms in total. The number of unbranched alkanes of at least 4 members (excludes halogenated alkanes) is 9. The number of benzene rings is 1. The molecule has 0 saturated carbocycles. The minimum Gasteiger partial charge on any atom is -0.465 e. The molecule has 1 aromatic rings. The second-order valence-electron chi connectivity index (χ2n) is 6.27. The van der Waals surface area contributed by atoms with Crippen molar-refractivity contribution in [2.75, 3.05) is 0 Å². The lowest BCUT2D eigenvalue weighted by molar-refractivity contribution is -0.823. The van der Waals surface area contributed by atoms with Gasteiger partial charge in [0, 0.05) is 5.56 Å². The second kappa shape index (κ2) is 10.8. The van der Waals surface area contributed by atoms with Gasteiger partial charge in [-0.2, -0.15) is 0 Å². The van der Waals surface area contributed by atoms with Crippen LogP contribution in [0.4, 0.5) is 0 Å². The molecule has 0 aliphatic carbocycles. The van der Waals surface area contributed by atoms with Crippen LogP contribution in [0.25, 0.3) is 0 Å². The maximum Gasteiger partial charge on any atom is 0.347 e. The van der Waals surface area contributed by atoms with Gasteiger partial charge in [-0.1, -0.05) is 82.9 Å². The van der Waals surface area contributed by atoms with Crippen LogP contribution in [-0.2, 0) is 4.46 Å². The van der Waals surface area contributed by atoms with E-state index >= 15 is 0 Å². The molecule has 0 bridgehead atoms. The van der Waals surface area contributed by atoms with E-state index in [1.807, 2.05) is 24.3 Å². The average molecular weight is 336 g/mol. The van der Waals surface area contributed by atoms with Crippen LogP contribution >= 0.6 is 8.43 Å². The minimum atomic E-state index is 0.566. The van der Waals surface area contributed by atoms with E-state index in [-0.39, 0.29) is 0 Å². The fourth-order valence-corrected chi connectivity index (χ4v) is 3.80. The molecule has 0 atom stereocenters. The van der Waals surface area contributed by atoms with Crippen LogP contribution in [0.3, 0.4) is 0 Å². The summed E-state index contributed by atoms with van der Waals surface area (Å²) < 4.78 is 1.48. The fourth-order valence-electron chi connectivity index (χ4n) is 2.97. The summed E-state index contributed by atoms with van der Waals surface area (Å²) in [5.74, 6) is 0.660. The molecule has 0 unspecified atom stereocenters. The molecule has 0 fully saturated rings. The van der Waals surface area contributed by atoms with Crippen molar-refractivity contribution in [3.8, 4) is 5.75 Å².